The van der Waals surface area contributed by atoms with Gasteiger partial charge < -0.3 is 9.80 Å². The molecule has 1 aliphatic carbocycles. The fourth-order valence-electron chi connectivity index (χ4n) is 4.75. The number of hydrogen-bond acceptors (Lipinski definition) is 4. The molecular formula is C25H22N4. The predicted molar refractivity (Wildman–Crippen MR) is 116 cm³/mol. The molecule has 1 saturated carbocycles. The Kier molecular flexibility index (Phi) is 3.45. The Morgan fingerprint density at radius 1 is 0.897 bits per heavy atom. The van der Waals surface area contributed by atoms with Gasteiger partial charge in [0.2, 0.25) is 0 Å². The van der Waals surface area contributed by atoms with Gasteiger partial charge in [0, 0.05) is 49.0 Å². The highest BCUT2D eigenvalue weighted by atomic mass is 15.3. The van der Waals surface area contributed by atoms with Crippen LogP contribution < -0.4 is 4.90 Å². The largest absolute Gasteiger partial charge is 0.369 e. The molecule has 3 aromatic rings. The topological polar surface area (TPSA) is 32.3 Å². The molecule has 1 fully saturated rings. The van der Waals surface area contributed by atoms with Crippen LogP contribution in [0, 0.1) is 0 Å². The van der Waals surface area contributed by atoms with Gasteiger partial charge in [0.1, 0.15) is 6.33 Å². The zero-order valence-electron chi connectivity index (χ0n) is 16.4. The summed E-state index contributed by atoms with van der Waals surface area (Å²) in [4.78, 5) is 13.3. The summed E-state index contributed by atoms with van der Waals surface area (Å²) < 4.78 is 0. The van der Waals surface area contributed by atoms with Gasteiger partial charge in [0.25, 0.3) is 0 Å². The zero-order valence-corrected chi connectivity index (χ0v) is 16.4. The van der Waals surface area contributed by atoms with E-state index in [4.69, 9.17) is 0 Å². The van der Waals surface area contributed by atoms with Gasteiger partial charge in [-0.1, -0.05) is 42.5 Å². The Labute approximate surface area is 170 Å². The van der Waals surface area contributed by atoms with Crippen molar-refractivity contribution >= 4 is 11.3 Å². The number of hydrogen-bond donors (Lipinski definition) is 0. The molecule has 0 amide bonds. The summed E-state index contributed by atoms with van der Waals surface area (Å²) in [5.41, 5.74) is 9.00. The van der Waals surface area contributed by atoms with Crippen LogP contribution in [0.3, 0.4) is 0 Å². The van der Waals surface area contributed by atoms with E-state index in [0.717, 1.165) is 17.7 Å². The minimum absolute atomic E-state index is 0.138. The molecular weight excluding hydrogens is 356 g/mol. The molecule has 0 bridgehead atoms. The molecule has 1 spiro atoms. The molecule has 2 aliphatic heterocycles. The second-order valence-corrected chi connectivity index (χ2v) is 8.18. The minimum Gasteiger partial charge on any atom is -0.369 e. The van der Waals surface area contributed by atoms with Crippen LogP contribution in [-0.4, -0.2) is 28.5 Å². The van der Waals surface area contributed by atoms with Crippen LogP contribution >= 0.6 is 0 Å². The van der Waals surface area contributed by atoms with Crippen LogP contribution in [0.5, 0.6) is 0 Å². The SMILES string of the molecule is CN1C=C2C=C(c3ccccc3)CN2c2cc(-c3cncnc3)ccc2C12CC2. The number of anilines is 1. The Bertz CT molecular complexity index is 1140. The lowest BCUT2D eigenvalue weighted by Crippen LogP contribution is -2.26. The van der Waals surface area contributed by atoms with Gasteiger partial charge in [-0.05, 0) is 41.7 Å². The Morgan fingerprint density at radius 2 is 1.69 bits per heavy atom. The number of benzene rings is 2. The molecule has 0 N–H and O–H groups in total. The normalized spacial score (nSPS) is 18.7. The molecule has 0 saturated heterocycles. The third kappa shape index (κ3) is 2.52. The summed E-state index contributed by atoms with van der Waals surface area (Å²) in [6.07, 6.45) is 12.4. The first kappa shape index (κ1) is 16.5. The minimum atomic E-state index is 0.138. The van der Waals surface area contributed by atoms with Gasteiger partial charge >= 0.3 is 0 Å². The number of allylic oxidation sites excluding steroid dienone is 1. The molecule has 142 valence electrons. The molecule has 0 atom stereocenters. The lowest BCUT2D eigenvalue weighted by molar-refractivity contribution is 0.315. The predicted octanol–water partition coefficient (Wildman–Crippen LogP) is 4.82. The van der Waals surface area contributed by atoms with Crippen LogP contribution in [-0.2, 0) is 5.54 Å². The summed E-state index contributed by atoms with van der Waals surface area (Å²) >= 11 is 0. The first-order valence-electron chi connectivity index (χ1n) is 10.1. The van der Waals surface area contributed by atoms with Crippen LogP contribution in [0.1, 0.15) is 24.0 Å². The number of nitrogens with zero attached hydrogens (tertiary/aromatic N) is 4. The van der Waals surface area contributed by atoms with Crippen molar-refractivity contribution in [2.24, 2.45) is 0 Å². The zero-order chi connectivity index (χ0) is 19.4. The molecule has 3 aliphatic rings. The fraction of sp³-hybridized carbons (Fsp3) is 0.200. The number of fused-ring (bicyclic) bond motifs is 4. The lowest BCUT2D eigenvalue weighted by Gasteiger charge is -2.28. The number of aromatic nitrogens is 2. The van der Waals surface area contributed by atoms with E-state index in [1.54, 1.807) is 6.33 Å². The maximum Gasteiger partial charge on any atom is 0.115 e. The smallest absolute Gasteiger partial charge is 0.115 e. The maximum absolute atomic E-state index is 4.21. The van der Waals surface area contributed by atoms with E-state index >= 15 is 0 Å². The van der Waals surface area contributed by atoms with E-state index in [1.165, 1.54) is 40.9 Å². The summed E-state index contributed by atoms with van der Waals surface area (Å²) in [5, 5.41) is 0. The molecule has 6 rings (SSSR count). The van der Waals surface area contributed by atoms with E-state index in [-0.39, 0.29) is 5.54 Å². The second kappa shape index (κ2) is 6.05. The lowest BCUT2D eigenvalue weighted by atomic mass is 9.97. The molecule has 4 heteroatoms. The molecule has 4 nitrogen and oxygen atoms in total. The molecule has 0 radical (unpaired) electrons. The highest BCUT2D eigenvalue weighted by molar-refractivity contribution is 5.83. The van der Waals surface area contributed by atoms with Gasteiger partial charge in [-0.25, -0.2) is 9.97 Å². The second-order valence-electron chi connectivity index (χ2n) is 8.18. The highest BCUT2D eigenvalue weighted by Crippen LogP contribution is 2.56. The average Bonchev–Trinajstić information content (AvgIpc) is 3.50. The molecule has 3 heterocycles. The van der Waals surface area contributed by atoms with E-state index in [2.05, 4.69) is 87.6 Å². The van der Waals surface area contributed by atoms with Crippen molar-refractivity contribution in [2.75, 3.05) is 18.5 Å². The quantitative estimate of drug-likeness (QED) is 0.640. The van der Waals surface area contributed by atoms with Gasteiger partial charge in [0.05, 0.1) is 11.2 Å². The first-order valence-corrected chi connectivity index (χ1v) is 10.1. The van der Waals surface area contributed by atoms with Crippen LogP contribution in [0.25, 0.3) is 16.7 Å². The molecule has 2 aromatic carbocycles. The van der Waals surface area contributed by atoms with Crippen LogP contribution in [0.4, 0.5) is 5.69 Å². The third-order valence-corrected chi connectivity index (χ3v) is 6.52. The van der Waals surface area contributed by atoms with E-state index in [9.17, 15) is 0 Å². The van der Waals surface area contributed by atoms with Crippen LogP contribution in [0.15, 0.2) is 85.2 Å². The van der Waals surface area contributed by atoms with E-state index in [1.807, 2.05) is 12.4 Å². The number of rotatable bonds is 2. The van der Waals surface area contributed by atoms with Crippen molar-refractivity contribution in [1.82, 2.24) is 14.9 Å². The van der Waals surface area contributed by atoms with Gasteiger partial charge in [-0.15, -0.1) is 0 Å². The van der Waals surface area contributed by atoms with Gasteiger partial charge in [0.15, 0.2) is 0 Å². The summed E-state index contributed by atoms with van der Waals surface area (Å²) in [5.74, 6) is 0. The monoisotopic (exact) mass is 378 g/mol. The van der Waals surface area contributed by atoms with Crippen molar-refractivity contribution in [3.05, 3.63) is 96.4 Å². The van der Waals surface area contributed by atoms with Crippen LogP contribution in [0.2, 0.25) is 0 Å². The Morgan fingerprint density at radius 3 is 2.45 bits per heavy atom. The summed E-state index contributed by atoms with van der Waals surface area (Å²) in [6.45, 7) is 0.890. The summed E-state index contributed by atoms with van der Waals surface area (Å²) in [6, 6.07) is 17.6. The van der Waals surface area contributed by atoms with Crippen molar-refractivity contribution in [1.29, 1.82) is 0 Å². The average molecular weight is 378 g/mol. The standard InChI is InChI=1S/C25H22N4/c1-28-16-22-11-20(18-5-3-2-4-6-18)15-29(22)24-12-19(21-13-26-17-27-14-21)7-8-23(24)25(28)9-10-25/h2-8,11-14,16-17H,9-10,15H2,1H3. The fourth-order valence-corrected chi connectivity index (χ4v) is 4.75. The van der Waals surface area contributed by atoms with Crippen molar-refractivity contribution in [3.63, 3.8) is 0 Å². The maximum atomic E-state index is 4.21. The Hall–Kier alpha value is -3.40. The molecule has 29 heavy (non-hydrogen) atoms. The highest BCUT2D eigenvalue weighted by Gasteiger charge is 2.50. The van der Waals surface area contributed by atoms with E-state index < -0.39 is 0 Å². The summed E-state index contributed by atoms with van der Waals surface area (Å²) in [7, 11) is 2.22. The van der Waals surface area contributed by atoms with Crippen molar-refractivity contribution in [3.8, 4) is 11.1 Å². The van der Waals surface area contributed by atoms with Gasteiger partial charge in [-0.2, -0.15) is 0 Å². The third-order valence-electron chi connectivity index (χ3n) is 6.52. The van der Waals surface area contributed by atoms with Crippen molar-refractivity contribution < 1.29 is 0 Å². The van der Waals surface area contributed by atoms with Crippen molar-refractivity contribution in [2.45, 2.75) is 18.4 Å². The van der Waals surface area contributed by atoms with E-state index in [0.29, 0.717) is 0 Å². The first-order chi connectivity index (χ1) is 14.2. The molecule has 1 aromatic heterocycles. The van der Waals surface area contributed by atoms with Gasteiger partial charge in [-0.3, -0.25) is 0 Å². The molecule has 0 unspecified atom stereocenters. The Balaban J connectivity index is 1.50.